The Bertz CT molecular complexity index is 610. The van der Waals surface area contributed by atoms with Crippen molar-refractivity contribution in [1.29, 1.82) is 0 Å². The summed E-state index contributed by atoms with van der Waals surface area (Å²) < 4.78 is 26.1. The van der Waals surface area contributed by atoms with E-state index in [0.717, 1.165) is 11.1 Å². The van der Waals surface area contributed by atoms with Gasteiger partial charge in [-0.1, -0.05) is 29.8 Å². The number of aromatic nitrogens is 2. The lowest BCUT2D eigenvalue weighted by molar-refractivity contribution is 0.600. The van der Waals surface area contributed by atoms with Gasteiger partial charge in [-0.2, -0.15) is 0 Å². The number of hydrogen-bond donors (Lipinski definition) is 1. The monoisotopic (exact) mass is 263 g/mol. The van der Waals surface area contributed by atoms with Crippen LogP contribution in [-0.4, -0.2) is 18.4 Å². The second-order valence-electron chi connectivity index (χ2n) is 3.92. The molecule has 0 aliphatic carbocycles. The fourth-order valence-electron chi connectivity index (χ4n) is 1.43. The first-order chi connectivity index (χ1) is 8.55. The van der Waals surface area contributed by atoms with Crippen LogP contribution in [0.5, 0.6) is 0 Å². The summed E-state index contributed by atoms with van der Waals surface area (Å²) in [4.78, 5) is 7.64. The van der Waals surface area contributed by atoms with Crippen molar-refractivity contribution in [2.75, 3.05) is 4.72 Å². The van der Waals surface area contributed by atoms with Crippen LogP contribution in [0.2, 0.25) is 0 Å². The van der Waals surface area contributed by atoms with Gasteiger partial charge < -0.3 is 0 Å². The van der Waals surface area contributed by atoms with Crippen LogP contribution in [0.3, 0.4) is 0 Å². The largest absolute Gasteiger partial charge is 0.251 e. The molecule has 0 bridgehead atoms. The maximum absolute atomic E-state index is 11.9. The number of rotatable bonds is 4. The molecule has 0 saturated heterocycles. The maximum atomic E-state index is 11.9. The zero-order valence-corrected chi connectivity index (χ0v) is 10.7. The molecule has 1 aromatic carbocycles. The molecule has 1 heterocycles. The van der Waals surface area contributed by atoms with E-state index in [-0.39, 0.29) is 11.7 Å². The van der Waals surface area contributed by atoms with Crippen molar-refractivity contribution in [2.45, 2.75) is 12.7 Å². The third kappa shape index (κ3) is 3.53. The Morgan fingerprint density at radius 3 is 2.33 bits per heavy atom. The lowest BCUT2D eigenvalue weighted by Crippen LogP contribution is -2.16. The molecule has 0 atom stereocenters. The summed E-state index contributed by atoms with van der Waals surface area (Å²) in [6, 6.07) is 8.96. The molecule has 0 spiro atoms. The molecule has 0 unspecified atom stereocenters. The van der Waals surface area contributed by atoms with Crippen LogP contribution in [0.25, 0.3) is 0 Å². The van der Waals surface area contributed by atoms with E-state index in [0.29, 0.717) is 0 Å². The van der Waals surface area contributed by atoms with Crippen LogP contribution in [0, 0.1) is 6.92 Å². The Morgan fingerprint density at radius 1 is 1.11 bits per heavy atom. The minimum Gasteiger partial charge on any atom is -0.251 e. The molecule has 6 heteroatoms. The number of hydrogen-bond acceptors (Lipinski definition) is 4. The van der Waals surface area contributed by atoms with E-state index in [4.69, 9.17) is 0 Å². The molecule has 2 aromatic rings. The maximum Gasteiger partial charge on any atom is 0.239 e. The molecule has 1 aromatic heterocycles. The van der Waals surface area contributed by atoms with Crippen LogP contribution in [-0.2, 0) is 15.8 Å². The Kier molecular flexibility index (Phi) is 3.57. The summed E-state index contributed by atoms with van der Waals surface area (Å²) in [6.07, 6.45) is 2.97. The highest BCUT2D eigenvalue weighted by molar-refractivity contribution is 7.91. The number of nitrogens with one attached hydrogen (secondary N) is 1. The number of aryl methyl sites for hydroxylation is 1. The van der Waals surface area contributed by atoms with Crippen molar-refractivity contribution in [3.05, 3.63) is 53.9 Å². The highest BCUT2D eigenvalue weighted by Crippen LogP contribution is 2.09. The van der Waals surface area contributed by atoms with Gasteiger partial charge >= 0.3 is 0 Å². The number of sulfonamides is 1. The van der Waals surface area contributed by atoms with Crippen LogP contribution >= 0.6 is 0 Å². The van der Waals surface area contributed by atoms with E-state index in [1.807, 2.05) is 19.1 Å². The van der Waals surface area contributed by atoms with Crippen molar-refractivity contribution < 1.29 is 8.42 Å². The average molecular weight is 263 g/mol. The van der Waals surface area contributed by atoms with E-state index in [2.05, 4.69) is 14.7 Å². The average Bonchev–Trinajstić information content (AvgIpc) is 2.32. The smallest absolute Gasteiger partial charge is 0.239 e. The molecule has 18 heavy (non-hydrogen) atoms. The Hall–Kier alpha value is -1.95. The first kappa shape index (κ1) is 12.5. The quantitative estimate of drug-likeness (QED) is 0.911. The lowest BCUT2D eigenvalue weighted by Gasteiger charge is -2.06. The topological polar surface area (TPSA) is 72.0 Å². The highest BCUT2D eigenvalue weighted by atomic mass is 32.2. The van der Waals surface area contributed by atoms with Crippen LogP contribution in [0.4, 0.5) is 5.95 Å². The summed E-state index contributed by atoms with van der Waals surface area (Å²) in [5.41, 5.74) is 1.82. The van der Waals surface area contributed by atoms with Crippen molar-refractivity contribution in [3.8, 4) is 0 Å². The standard InChI is InChI=1S/C12H13N3O2S/c1-10-3-5-11(6-4-10)9-18(16,17)15-12-13-7-2-8-14-12/h2-8H,9H2,1H3,(H,13,14,15). The van der Waals surface area contributed by atoms with Gasteiger partial charge in [-0.3, -0.25) is 4.72 Å². The summed E-state index contributed by atoms with van der Waals surface area (Å²) in [6.45, 7) is 1.95. The molecule has 1 N–H and O–H groups in total. The second kappa shape index (κ2) is 5.14. The molecular formula is C12H13N3O2S. The molecule has 5 nitrogen and oxygen atoms in total. The van der Waals surface area contributed by atoms with E-state index in [9.17, 15) is 8.42 Å². The summed E-state index contributed by atoms with van der Waals surface area (Å²) in [5, 5.41) is 0. The fourth-order valence-corrected chi connectivity index (χ4v) is 2.52. The third-order valence-corrected chi connectivity index (χ3v) is 3.50. The number of benzene rings is 1. The highest BCUT2D eigenvalue weighted by Gasteiger charge is 2.12. The van der Waals surface area contributed by atoms with Crippen molar-refractivity contribution >= 4 is 16.0 Å². The van der Waals surface area contributed by atoms with Crippen molar-refractivity contribution in [1.82, 2.24) is 9.97 Å². The summed E-state index contributed by atoms with van der Waals surface area (Å²) in [5.74, 6) is -0.00413. The normalized spacial score (nSPS) is 11.2. The van der Waals surface area contributed by atoms with Crippen molar-refractivity contribution in [3.63, 3.8) is 0 Å². The Labute approximate surface area is 106 Å². The van der Waals surface area contributed by atoms with Gasteiger partial charge in [-0.25, -0.2) is 18.4 Å². The molecule has 0 saturated carbocycles. The molecule has 0 aliphatic rings. The first-order valence-electron chi connectivity index (χ1n) is 5.38. The van der Waals surface area contributed by atoms with Gasteiger partial charge in [0.1, 0.15) is 0 Å². The predicted octanol–water partition coefficient (Wildman–Crippen LogP) is 1.73. The Morgan fingerprint density at radius 2 is 1.72 bits per heavy atom. The minimum atomic E-state index is -3.48. The minimum absolute atomic E-state index is 0.0876. The molecule has 0 radical (unpaired) electrons. The first-order valence-corrected chi connectivity index (χ1v) is 7.03. The van der Waals surface area contributed by atoms with E-state index in [1.54, 1.807) is 18.2 Å². The van der Waals surface area contributed by atoms with Crippen molar-refractivity contribution in [2.24, 2.45) is 0 Å². The molecule has 0 aliphatic heterocycles. The van der Waals surface area contributed by atoms with Gasteiger partial charge in [0.15, 0.2) is 0 Å². The molecule has 2 rings (SSSR count). The van der Waals surface area contributed by atoms with E-state index < -0.39 is 10.0 Å². The summed E-state index contributed by atoms with van der Waals surface area (Å²) >= 11 is 0. The van der Waals surface area contributed by atoms with Crippen LogP contribution in [0.15, 0.2) is 42.7 Å². The predicted molar refractivity (Wildman–Crippen MR) is 69.5 cm³/mol. The number of anilines is 1. The molecular weight excluding hydrogens is 250 g/mol. The molecule has 0 amide bonds. The lowest BCUT2D eigenvalue weighted by atomic mass is 10.2. The van der Waals surface area contributed by atoms with Gasteiger partial charge in [0, 0.05) is 12.4 Å². The zero-order valence-electron chi connectivity index (χ0n) is 9.87. The Balaban J connectivity index is 2.10. The van der Waals surface area contributed by atoms with Gasteiger partial charge in [0.25, 0.3) is 0 Å². The second-order valence-corrected chi connectivity index (χ2v) is 5.64. The number of nitrogens with zero attached hydrogens (tertiary/aromatic N) is 2. The van der Waals surface area contributed by atoms with Gasteiger partial charge in [-0.15, -0.1) is 0 Å². The SMILES string of the molecule is Cc1ccc(CS(=O)(=O)Nc2ncccn2)cc1. The summed E-state index contributed by atoms with van der Waals surface area (Å²) in [7, 11) is -3.48. The zero-order chi connectivity index (χ0) is 13.0. The third-order valence-electron chi connectivity index (χ3n) is 2.29. The molecule has 0 fully saturated rings. The van der Waals surface area contributed by atoms with Gasteiger partial charge in [-0.05, 0) is 18.6 Å². The van der Waals surface area contributed by atoms with Crippen LogP contribution in [0.1, 0.15) is 11.1 Å². The van der Waals surface area contributed by atoms with E-state index in [1.165, 1.54) is 12.4 Å². The van der Waals surface area contributed by atoms with Crippen LogP contribution < -0.4 is 4.72 Å². The van der Waals surface area contributed by atoms with Gasteiger partial charge in [0.05, 0.1) is 5.75 Å². The van der Waals surface area contributed by atoms with E-state index >= 15 is 0 Å². The van der Waals surface area contributed by atoms with Gasteiger partial charge in [0.2, 0.25) is 16.0 Å². The fraction of sp³-hybridized carbons (Fsp3) is 0.167. The molecule has 94 valence electrons.